The van der Waals surface area contributed by atoms with Crippen molar-refractivity contribution in [3.05, 3.63) is 28.0 Å². The highest BCUT2D eigenvalue weighted by molar-refractivity contribution is 6.33. The number of likely N-dealkylation sites (N-methyl/N-ethyl adjacent to an activating group) is 1. The summed E-state index contributed by atoms with van der Waals surface area (Å²) < 4.78 is 0. The molecule has 0 aliphatic carbocycles. The molecule has 4 nitrogen and oxygen atoms in total. The lowest BCUT2D eigenvalue weighted by atomic mass is 10.2. The van der Waals surface area contributed by atoms with Gasteiger partial charge in [-0.2, -0.15) is 0 Å². The lowest BCUT2D eigenvalue weighted by molar-refractivity contribution is 0.0938. The summed E-state index contributed by atoms with van der Waals surface area (Å²) in [5.74, 6) is -0.190. The van der Waals surface area contributed by atoms with Gasteiger partial charge in [0.1, 0.15) is 10.3 Å². The van der Waals surface area contributed by atoms with E-state index in [2.05, 4.69) is 36.0 Å². The standard InChI is InChI=1S/C13H19Cl2N3O/c1-4-18(5-2)9(3)8-16-13(19)10-6-11(14)17-12(15)7-10/h6-7,9H,4-5,8H2,1-3H3,(H,16,19)/t9-/m0/s1. The molecular weight excluding hydrogens is 285 g/mol. The quantitative estimate of drug-likeness (QED) is 0.822. The third-order valence-corrected chi connectivity index (χ3v) is 3.41. The van der Waals surface area contributed by atoms with Gasteiger partial charge in [-0.25, -0.2) is 4.98 Å². The number of carbonyl (C=O) groups is 1. The largest absolute Gasteiger partial charge is 0.350 e. The molecule has 1 N–H and O–H groups in total. The van der Waals surface area contributed by atoms with Crippen LogP contribution in [0.4, 0.5) is 0 Å². The third-order valence-electron chi connectivity index (χ3n) is 3.02. The molecule has 0 radical (unpaired) electrons. The Balaban J connectivity index is 2.60. The summed E-state index contributed by atoms with van der Waals surface area (Å²) in [6, 6.07) is 3.29. The van der Waals surface area contributed by atoms with Crippen LogP contribution >= 0.6 is 23.2 Å². The Morgan fingerprint density at radius 2 is 1.84 bits per heavy atom. The van der Waals surface area contributed by atoms with Crippen LogP contribution in [0.3, 0.4) is 0 Å². The van der Waals surface area contributed by atoms with Crippen molar-refractivity contribution in [1.82, 2.24) is 15.2 Å². The molecule has 106 valence electrons. The smallest absolute Gasteiger partial charge is 0.251 e. The van der Waals surface area contributed by atoms with Crippen LogP contribution < -0.4 is 5.32 Å². The van der Waals surface area contributed by atoms with Gasteiger partial charge in [0.15, 0.2) is 0 Å². The summed E-state index contributed by atoms with van der Waals surface area (Å²) in [4.78, 5) is 18.1. The van der Waals surface area contributed by atoms with Gasteiger partial charge in [-0.15, -0.1) is 0 Å². The summed E-state index contributed by atoms with van der Waals surface area (Å²) in [7, 11) is 0. The summed E-state index contributed by atoms with van der Waals surface area (Å²) in [5, 5.41) is 3.31. The molecule has 0 bridgehead atoms. The number of pyridine rings is 1. The second-order valence-corrected chi connectivity index (χ2v) is 5.06. The molecule has 1 heterocycles. The van der Waals surface area contributed by atoms with Crippen molar-refractivity contribution >= 4 is 29.1 Å². The minimum absolute atomic E-state index is 0.190. The van der Waals surface area contributed by atoms with Gasteiger partial charge in [-0.1, -0.05) is 37.0 Å². The Morgan fingerprint density at radius 1 is 1.32 bits per heavy atom. The van der Waals surface area contributed by atoms with Crippen molar-refractivity contribution in [2.45, 2.75) is 26.8 Å². The topological polar surface area (TPSA) is 45.2 Å². The second-order valence-electron chi connectivity index (χ2n) is 4.28. The summed E-state index contributed by atoms with van der Waals surface area (Å²) in [6.45, 7) is 8.78. The van der Waals surface area contributed by atoms with E-state index in [1.165, 1.54) is 12.1 Å². The Labute approximate surface area is 124 Å². The van der Waals surface area contributed by atoms with Gasteiger partial charge in [0.05, 0.1) is 0 Å². The molecule has 6 heteroatoms. The first-order valence-corrected chi connectivity index (χ1v) is 7.08. The van der Waals surface area contributed by atoms with Gasteiger partial charge >= 0.3 is 0 Å². The van der Waals surface area contributed by atoms with Crippen molar-refractivity contribution in [1.29, 1.82) is 0 Å². The predicted molar refractivity (Wildman–Crippen MR) is 79.0 cm³/mol. The van der Waals surface area contributed by atoms with Crippen LogP contribution in [0, 0.1) is 0 Å². The summed E-state index contributed by atoms with van der Waals surface area (Å²) in [6.07, 6.45) is 0. The molecule has 0 aromatic carbocycles. The maximum absolute atomic E-state index is 12.0. The number of rotatable bonds is 6. The SMILES string of the molecule is CCN(CC)[C@@H](C)CNC(=O)c1cc(Cl)nc(Cl)c1. The van der Waals surface area contributed by atoms with Gasteiger partial charge in [0.25, 0.3) is 5.91 Å². The number of halogens is 2. The molecule has 0 aliphatic rings. The van der Waals surface area contributed by atoms with E-state index in [1.807, 2.05) is 0 Å². The summed E-state index contributed by atoms with van der Waals surface area (Å²) in [5.41, 5.74) is 0.428. The zero-order chi connectivity index (χ0) is 14.4. The molecule has 19 heavy (non-hydrogen) atoms. The number of nitrogens with zero attached hydrogens (tertiary/aromatic N) is 2. The highest BCUT2D eigenvalue weighted by atomic mass is 35.5. The third kappa shape index (κ3) is 4.97. The van der Waals surface area contributed by atoms with Crippen LogP contribution in [0.2, 0.25) is 10.3 Å². The van der Waals surface area contributed by atoms with Crippen molar-refractivity contribution < 1.29 is 4.79 Å². The molecule has 1 aromatic heterocycles. The molecule has 0 spiro atoms. The average molecular weight is 304 g/mol. The molecule has 0 saturated heterocycles. The number of nitrogens with one attached hydrogen (secondary N) is 1. The monoisotopic (exact) mass is 303 g/mol. The van der Waals surface area contributed by atoms with Crippen molar-refractivity contribution in [2.24, 2.45) is 0 Å². The van der Waals surface area contributed by atoms with Gasteiger partial charge in [-0.3, -0.25) is 9.69 Å². The molecule has 1 amide bonds. The number of aromatic nitrogens is 1. The fourth-order valence-corrected chi connectivity index (χ4v) is 2.37. The maximum Gasteiger partial charge on any atom is 0.251 e. The second kappa shape index (κ2) is 7.68. The minimum atomic E-state index is -0.190. The molecule has 1 atom stereocenters. The van der Waals surface area contributed by atoms with Crippen molar-refractivity contribution in [3.8, 4) is 0 Å². The van der Waals surface area contributed by atoms with E-state index in [0.29, 0.717) is 12.1 Å². The molecule has 0 saturated carbocycles. The molecule has 0 aliphatic heterocycles. The molecular formula is C13H19Cl2N3O. The van der Waals surface area contributed by atoms with E-state index in [0.717, 1.165) is 13.1 Å². The van der Waals surface area contributed by atoms with E-state index in [-0.39, 0.29) is 22.3 Å². The minimum Gasteiger partial charge on any atom is -0.350 e. The number of carbonyl (C=O) groups excluding carboxylic acids is 1. The fraction of sp³-hybridized carbons (Fsp3) is 0.538. The van der Waals surface area contributed by atoms with Gasteiger partial charge in [-0.05, 0) is 32.1 Å². The number of amides is 1. The Morgan fingerprint density at radius 3 is 2.32 bits per heavy atom. The van der Waals surface area contributed by atoms with Crippen molar-refractivity contribution in [2.75, 3.05) is 19.6 Å². The highest BCUT2D eigenvalue weighted by Gasteiger charge is 2.13. The first-order chi connectivity index (χ1) is 8.97. The summed E-state index contributed by atoms with van der Waals surface area (Å²) >= 11 is 11.5. The lowest BCUT2D eigenvalue weighted by Crippen LogP contribution is -2.42. The van der Waals surface area contributed by atoms with Crippen molar-refractivity contribution in [3.63, 3.8) is 0 Å². The first kappa shape index (κ1) is 16.2. The predicted octanol–water partition coefficient (Wildman–Crippen LogP) is 2.85. The van der Waals surface area contributed by atoms with E-state index in [9.17, 15) is 4.79 Å². The normalized spacial score (nSPS) is 12.5. The van der Waals surface area contributed by atoms with Crippen LogP contribution in [0.1, 0.15) is 31.1 Å². The number of hydrogen-bond donors (Lipinski definition) is 1. The number of hydrogen-bond acceptors (Lipinski definition) is 3. The molecule has 0 unspecified atom stereocenters. The highest BCUT2D eigenvalue weighted by Crippen LogP contribution is 2.14. The van der Waals surface area contributed by atoms with Gasteiger partial charge < -0.3 is 5.32 Å². The Hall–Kier alpha value is -0.840. The first-order valence-electron chi connectivity index (χ1n) is 6.33. The molecule has 0 fully saturated rings. The van der Waals surface area contributed by atoms with Crippen LogP contribution in [0.25, 0.3) is 0 Å². The lowest BCUT2D eigenvalue weighted by Gasteiger charge is -2.26. The van der Waals surface area contributed by atoms with Crippen LogP contribution in [0.5, 0.6) is 0 Å². The van der Waals surface area contributed by atoms with Gasteiger partial charge in [0, 0.05) is 18.2 Å². The van der Waals surface area contributed by atoms with E-state index >= 15 is 0 Å². The van der Waals surface area contributed by atoms with Gasteiger partial charge in [0.2, 0.25) is 0 Å². The fourth-order valence-electron chi connectivity index (χ4n) is 1.91. The Kier molecular flexibility index (Phi) is 6.55. The molecule has 1 aromatic rings. The van der Waals surface area contributed by atoms with Crippen LogP contribution in [0.15, 0.2) is 12.1 Å². The Bertz CT molecular complexity index is 416. The zero-order valence-corrected chi connectivity index (χ0v) is 12.9. The van der Waals surface area contributed by atoms with Crippen LogP contribution in [-0.2, 0) is 0 Å². The van der Waals surface area contributed by atoms with E-state index in [4.69, 9.17) is 23.2 Å². The van der Waals surface area contributed by atoms with Crippen LogP contribution in [-0.4, -0.2) is 41.5 Å². The van der Waals surface area contributed by atoms with E-state index < -0.39 is 0 Å². The van der Waals surface area contributed by atoms with E-state index in [1.54, 1.807) is 0 Å². The maximum atomic E-state index is 12.0. The zero-order valence-electron chi connectivity index (χ0n) is 11.4. The average Bonchev–Trinajstić information content (AvgIpc) is 2.36. The molecule has 1 rings (SSSR count).